The summed E-state index contributed by atoms with van der Waals surface area (Å²) >= 11 is 0. The zero-order valence-corrected chi connectivity index (χ0v) is 19.0. The summed E-state index contributed by atoms with van der Waals surface area (Å²) in [6.45, 7) is 1.40. The van der Waals surface area contributed by atoms with Gasteiger partial charge in [0.15, 0.2) is 15.5 Å². The number of hydrogen-bond acceptors (Lipinski definition) is 6. The van der Waals surface area contributed by atoms with E-state index in [1.807, 2.05) is 0 Å². The Morgan fingerprint density at radius 3 is 2.39 bits per heavy atom. The Balaban J connectivity index is 2.10. The van der Waals surface area contributed by atoms with Gasteiger partial charge in [-0.15, -0.1) is 0 Å². The largest absolute Gasteiger partial charge is 0.417 e. The Morgan fingerprint density at radius 2 is 1.79 bits per heavy atom. The molecule has 0 aliphatic heterocycles. The van der Waals surface area contributed by atoms with E-state index in [0.717, 1.165) is 6.07 Å². The molecule has 0 unspecified atom stereocenters. The Bertz CT molecular complexity index is 1560. The molecule has 0 radical (unpaired) electrons. The van der Waals surface area contributed by atoms with E-state index in [0.29, 0.717) is 17.2 Å². The summed E-state index contributed by atoms with van der Waals surface area (Å²) in [5.74, 6) is -0.121. The normalized spacial score (nSPS) is 12.8. The number of fused-ring (bicyclic) bond motifs is 2. The third-order valence-electron chi connectivity index (χ3n) is 5.50. The molecule has 0 aliphatic carbocycles. The highest BCUT2D eigenvalue weighted by molar-refractivity contribution is 7.91. The Kier molecular flexibility index (Phi) is 5.36. The number of benzene rings is 1. The second kappa shape index (κ2) is 7.70. The van der Waals surface area contributed by atoms with Crippen molar-refractivity contribution >= 4 is 32.0 Å². The molecule has 0 aliphatic rings. The zero-order chi connectivity index (χ0) is 24.3. The molecule has 0 spiro atoms. The van der Waals surface area contributed by atoms with E-state index < -0.39 is 27.3 Å². The molecular weight excluding hydrogens is 463 g/mol. The van der Waals surface area contributed by atoms with Gasteiger partial charge in [-0.25, -0.2) is 23.2 Å². The zero-order valence-electron chi connectivity index (χ0n) is 18.1. The topological polar surface area (TPSA) is 101 Å². The predicted molar refractivity (Wildman–Crippen MR) is 114 cm³/mol. The van der Waals surface area contributed by atoms with Crippen LogP contribution in [0.2, 0.25) is 0 Å². The van der Waals surface area contributed by atoms with Crippen molar-refractivity contribution in [2.24, 2.45) is 14.1 Å². The van der Waals surface area contributed by atoms with Crippen LogP contribution in [0.3, 0.4) is 0 Å². The maximum Gasteiger partial charge on any atom is 0.417 e. The molecule has 0 N–H and O–H groups in total. The van der Waals surface area contributed by atoms with Gasteiger partial charge in [-0.3, -0.25) is 9.13 Å². The van der Waals surface area contributed by atoms with E-state index in [-0.39, 0.29) is 39.9 Å². The van der Waals surface area contributed by atoms with E-state index in [4.69, 9.17) is 4.74 Å². The second-order valence-corrected chi connectivity index (χ2v) is 9.73. The second-order valence-electron chi connectivity index (χ2n) is 7.49. The van der Waals surface area contributed by atoms with Crippen LogP contribution in [-0.4, -0.2) is 44.9 Å². The number of aryl methyl sites for hydroxylation is 2. The number of imidazole rings is 2. The van der Waals surface area contributed by atoms with Crippen molar-refractivity contribution in [2.75, 3.05) is 12.9 Å². The predicted octanol–water partition coefficient (Wildman–Crippen LogP) is 2.71. The summed E-state index contributed by atoms with van der Waals surface area (Å²) in [4.78, 5) is 20.7. The van der Waals surface area contributed by atoms with Crippen LogP contribution in [0.4, 0.5) is 13.2 Å². The van der Waals surface area contributed by atoms with Gasteiger partial charge in [-0.2, -0.15) is 13.2 Å². The summed E-state index contributed by atoms with van der Waals surface area (Å²) in [5.41, 5.74) is -0.355. The summed E-state index contributed by atoms with van der Waals surface area (Å²) in [6.07, 6.45) is -3.90. The van der Waals surface area contributed by atoms with Crippen molar-refractivity contribution in [3.05, 3.63) is 40.4 Å². The molecular formula is C20H20F3N5O4S. The summed E-state index contributed by atoms with van der Waals surface area (Å²) in [6, 6.07) is 3.73. The van der Waals surface area contributed by atoms with Crippen molar-refractivity contribution in [1.29, 1.82) is 0 Å². The molecule has 33 heavy (non-hydrogen) atoms. The first kappa shape index (κ1) is 23.0. The third-order valence-corrected chi connectivity index (χ3v) is 7.27. The fraction of sp³-hybridized carbons (Fsp3) is 0.350. The highest BCUT2D eigenvalue weighted by atomic mass is 32.2. The molecule has 13 heteroatoms. The van der Waals surface area contributed by atoms with E-state index in [2.05, 4.69) is 9.97 Å². The highest BCUT2D eigenvalue weighted by Gasteiger charge is 2.32. The number of rotatable bonds is 5. The van der Waals surface area contributed by atoms with Gasteiger partial charge in [0.1, 0.15) is 18.1 Å². The lowest BCUT2D eigenvalue weighted by atomic mass is 10.2. The molecule has 0 fully saturated rings. The maximum absolute atomic E-state index is 13.1. The average Bonchev–Trinajstić information content (AvgIpc) is 3.21. The van der Waals surface area contributed by atoms with Gasteiger partial charge in [0.25, 0.3) is 0 Å². The van der Waals surface area contributed by atoms with Crippen LogP contribution in [0.1, 0.15) is 12.5 Å². The molecule has 0 amide bonds. The van der Waals surface area contributed by atoms with Crippen molar-refractivity contribution in [1.82, 2.24) is 23.7 Å². The summed E-state index contributed by atoms with van der Waals surface area (Å²) in [7, 11) is 0.661. The quantitative estimate of drug-likeness (QED) is 0.433. The summed E-state index contributed by atoms with van der Waals surface area (Å²) < 4.78 is 74.5. The average molecular weight is 483 g/mol. The SMILES string of the molecule is CCS(=O)(=O)c1cc2c(cc1-c1nc3cc(C(F)(F)F)cnc3n1C)n(COC)c(=O)n2C. The van der Waals surface area contributed by atoms with Crippen LogP contribution in [0, 0.1) is 0 Å². The minimum Gasteiger partial charge on any atom is -0.364 e. The van der Waals surface area contributed by atoms with E-state index >= 15 is 0 Å². The smallest absolute Gasteiger partial charge is 0.364 e. The van der Waals surface area contributed by atoms with Gasteiger partial charge in [0, 0.05) is 33.0 Å². The Morgan fingerprint density at radius 1 is 1.09 bits per heavy atom. The van der Waals surface area contributed by atoms with Gasteiger partial charge in [0.2, 0.25) is 0 Å². The molecule has 3 aromatic heterocycles. The number of alkyl halides is 3. The Hall–Kier alpha value is -3.19. The molecule has 1 aromatic carbocycles. The van der Waals surface area contributed by atoms with E-state index in [1.165, 1.54) is 54.0 Å². The number of pyridine rings is 1. The molecule has 0 saturated heterocycles. The number of nitrogens with zero attached hydrogens (tertiary/aromatic N) is 5. The third kappa shape index (κ3) is 3.60. The maximum atomic E-state index is 13.1. The van der Waals surface area contributed by atoms with Gasteiger partial charge in [-0.05, 0) is 18.2 Å². The number of sulfone groups is 1. The highest BCUT2D eigenvalue weighted by Crippen LogP contribution is 2.35. The number of methoxy groups -OCH3 is 1. The molecule has 9 nitrogen and oxygen atoms in total. The first-order valence-electron chi connectivity index (χ1n) is 9.75. The van der Waals surface area contributed by atoms with Gasteiger partial charge >= 0.3 is 11.9 Å². The van der Waals surface area contributed by atoms with E-state index in [1.54, 1.807) is 0 Å². The van der Waals surface area contributed by atoms with Crippen LogP contribution < -0.4 is 5.69 Å². The standard InChI is InChI=1S/C20H20F3N5O4S/c1-5-33(30,31)16-8-14-15(28(10-32-4)19(29)26(14)2)7-12(16)17-25-13-6-11(20(21,22)23)9-24-18(13)27(17)3/h6-9H,5,10H2,1-4H3. The first-order chi connectivity index (χ1) is 15.4. The van der Waals surface area contributed by atoms with Crippen molar-refractivity contribution in [3.8, 4) is 11.4 Å². The fourth-order valence-electron chi connectivity index (χ4n) is 3.74. The minimum absolute atomic E-state index is 0.0374. The van der Waals surface area contributed by atoms with Crippen molar-refractivity contribution in [3.63, 3.8) is 0 Å². The number of hydrogen-bond donors (Lipinski definition) is 0. The van der Waals surface area contributed by atoms with Crippen LogP contribution in [0.25, 0.3) is 33.6 Å². The molecule has 3 heterocycles. The molecule has 0 bridgehead atoms. The summed E-state index contributed by atoms with van der Waals surface area (Å²) in [5, 5.41) is 0. The van der Waals surface area contributed by atoms with Crippen LogP contribution in [0.15, 0.2) is 34.1 Å². The molecule has 0 atom stereocenters. The number of ether oxygens (including phenoxy) is 1. The van der Waals surface area contributed by atoms with Crippen LogP contribution >= 0.6 is 0 Å². The number of aromatic nitrogens is 5. The minimum atomic E-state index is -4.60. The fourth-order valence-corrected chi connectivity index (χ4v) is 4.83. The van der Waals surface area contributed by atoms with Gasteiger partial charge in [-0.1, -0.05) is 6.92 Å². The van der Waals surface area contributed by atoms with E-state index in [9.17, 15) is 26.4 Å². The van der Waals surface area contributed by atoms with Gasteiger partial charge < -0.3 is 9.30 Å². The molecule has 4 rings (SSSR count). The Labute approximate surface area is 186 Å². The first-order valence-corrected chi connectivity index (χ1v) is 11.4. The molecule has 4 aromatic rings. The van der Waals surface area contributed by atoms with Crippen LogP contribution in [0.5, 0.6) is 0 Å². The van der Waals surface area contributed by atoms with Crippen LogP contribution in [-0.2, 0) is 41.6 Å². The van der Waals surface area contributed by atoms with Crippen molar-refractivity contribution < 1.29 is 26.3 Å². The van der Waals surface area contributed by atoms with Gasteiger partial charge in [0.05, 0.1) is 27.2 Å². The lowest BCUT2D eigenvalue weighted by Crippen LogP contribution is -2.22. The lowest BCUT2D eigenvalue weighted by molar-refractivity contribution is -0.137. The molecule has 176 valence electrons. The van der Waals surface area contributed by atoms with Crippen molar-refractivity contribution in [2.45, 2.75) is 24.7 Å². The molecule has 0 saturated carbocycles. The lowest BCUT2D eigenvalue weighted by Gasteiger charge is -2.11. The number of halogens is 3. The monoisotopic (exact) mass is 483 g/mol.